The number of nitrogens with one attached hydrogen (secondary N) is 1. The Morgan fingerprint density at radius 2 is 1.64 bits per heavy atom. The number of likely N-dealkylation sites (N-methyl/N-ethyl adjacent to an activating group) is 1. The monoisotopic (exact) mass is 487 g/mol. The molecule has 0 saturated carbocycles. The molecular weight excluding hydrogens is 454 g/mol. The van der Waals surface area contributed by atoms with E-state index in [0.29, 0.717) is 0 Å². The van der Waals surface area contributed by atoms with Crippen molar-refractivity contribution in [1.82, 2.24) is 29.8 Å². The van der Waals surface area contributed by atoms with Gasteiger partial charge in [-0.3, -0.25) is 24.8 Å². The number of rotatable bonds is 5. The van der Waals surface area contributed by atoms with Crippen LogP contribution in [0.15, 0.2) is 58.9 Å². The highest BCUT2D eigenvalue weighted by Gasteiger charge is 2.53. The number of benzene rings is 2. The molecule has 9 nitrogen and oxygen atoms in total. The smallest absolute Gasteiger partial charge is 0.313 e. The van der Waals surface area contributed by atoms with E-state index in [9.17, 15) is 9.59 Å². The van der Waals surface area contributed by atoms with Gasteiger partial charge in [-0.25, -0.2) is 9.79 Å². The molecule has 6 rings (SSSR count). The van der Waals surface area contributed by atoms with Crippen LogP contribution in [0.5, 0.6) is 0 Å². The molecule has 2 unspecified atom stereocenters. The third kappa shape index (κ3) is 3.74. The molecule has 4 aliphatic heterocycles. The van der Waals surface area contributed by atoms with Crippen molar-refractivity contribution < 1.29 is 9.59 Å². The van der Waals surface area contributed by atoms with Gasteiger partial charge in [0.15, 0.2) is 12.2 Å². The summed E-state index contributed by atoms with van der Waals surface area (Å²) < 4.78 is 0. The van der Waals surface area contributed by atoms with Crippen LogP contribution in [0.25, 0.3) is 10.8 Å². The minimum atomic E-state index is -0.500. The molecule has 9 heteroatoms. The van der Waals surface area contributed by atoms with Crippen molar-refractivity contribution in [3.8, 4) is 0 Å². The van der Waals surface area contributed by atoms with E-state index in [-0.39, 0.29) is 5.91 Å². The maximum atomic E-state index is 12.6. The first-order valence-electron chi connectivity index (χ1n) is 12.7. The minimum absolute atomic E-state index is 0.279. The summed E-state index contributed by atoms with van der Waals surface area (Å²) in [4.78, 5) is 40.4. The molecule has 4 aliphatic rings. The lowest BCUT2D eigenvalue weighted by molar-refractivity contribution is -0.126. The van der Waals surface area contributed by atoms with E-state index in [1.807, 2.05) is 11.8 Å². The Morgan fingerprint density at radius 1 is 0.917 bits per heavy atom. The lowest BCUT2D eigenvalue weighted by atomic mass is 10.0. The van der Waals surface area contributed by atoms with E-state index >= 15 is 0 Å². The highest BCUT2D eigenvalue weighted by atomic mass is 16.2. The van der Waals surface area contributed by atoms with Gasteiger partial charge in [0.05, 0.1) is 0 Å². The molecule has 2 aromatic rings. The molecule has 2 saturated heterocycles. The number of carbonyl (C=O) groups excluding carboxylic acids is 2. The molecule has 0 radical (unpaired) electrons. The summed E-state index contributed by atoms with van der Waals surface area (Å²) in [7, 11) is 1.69. The lowest BCUT2D eigenvalue weighted by Crippen LogP contribution is -2.63. The molecule has 3 amide bonds. The number of guanidine groups is 1. The Kier molecular flexibility index (Phi) is 5.69. The van der Waals surface area contributed by atoms with Crippen LogP contribution < -0.4 is 5.32 Å². The summed E-state index contributed by atoms with van der Waals surface area (Å²) in [5, 5.41) is 5.10. The first-order valence-corrected chi connectivity index (χ1v) is 12.7. The second kappa shape index (κ2) is 8.90. The van der Waals surface area contributed by atoms with Crippen LogP contribution in [0.3, 0.4) is 0 Å². The average molecular weight is 488 g/mol. The van der Waals surface area contributed by atoms with Gasteiger partial charge in [0.1, 0.15) is 0 Å². The van der Waals surface area contributed by atoms with Crippen LogP contribution in [0.4, 0.5) is 4.79 Å². The normalized spacial score (nSPS) is 25.0. The van der Waals surface area contributed by atoms with Gasteiger partial charge in [-0.15, -0.1) is 0 Å². The van der Waals surface area contributed by atoms with Crippen molar-refractivity contribution in [2.24, 2.45) is 4.99 Å². The van der Waals surface area contributed by atoms with Gasteiger partial charge in [-0.05, 0) is 30.2 Å². The quantitative estimate of drug-likeness (QED) is 0.696. The highest BCUT2D eigenvalue weighted by Crippen LogP contribution is 2.36. The summed E-state index contributed by atoms with van der Waals surface area (Å²) in [5.41, 5.74) is 3.54. The molecule has 0 bridgehead atoms. The van der Waals surface area contributed by atoms with E-state index < -0.39 is 18.2 Å². The zero-order chi connectivity index (χ0) is 25.0. The first kappa shape index (κ1) is 23.0. The van der Waals surface area contributed by atoms with Gasteiger partial charge in [-0.1, -0.05) is 42.5 Å². The second-order valence-electron chi connectivity index (χ2n) is 10.1. The number of fused-ring (bicyclic) bond motifs is 4. The Balaban J connectivity index is 1.08. The van der Waals surface area contributed by atoms with Crippen LogP contribution in [0.2, 0.25) is 0 Å². The number of hydrogen-bond acceptors (Lipinski definition) is 7. The maximum absolute atomic E-state index is 12.6. The largest absolute Gasteiger partial charge is 0.325 e. The van der Waals surface area contributed by atoms with E-state index in [1.165, 1.54) is 21.2 Å². The topological polar surface area (TPSA) is 74.7 Å². The molecule has 36 heavy (non-hydrogen) atoms. The minimum Gasteiger partial charge on any atom is -0.313 e. The molecular formula is C27H33N7O2. The van der Waals surface area contributed by atoms with Crippen molar-refractivity contribution in [1.29, 1.82) is 0 Å². The van der Waals surface area contributed by atoms with Gasteiger partial charge in [-0.2, -0.15) is 0 Å². The Labute approximate surface area is 211 Å². The van der Waals surface area contributed by atoms with Crippen molar-refractivity contribution in [2.45, 2.75) is 32.6 Å². The molecule has 0 spiro atoms. The van der Waals surface area contributed by atoms with Gasteiger partial charge in [0.25, 0.3) is 5.91 Å². The molecule has 2 atom stereocenters. The van der Waals surface area contributed by atoms with Crippen molar-refractivity contribution >= 4 is 28.7 Å². The van der Waals surface area contributed by atoms with Gasteiger partial charge >= 0.3 is 6.03 Å². The third-order valence-electron chi connectivity index (χ3n) is 8.15. The predicted octanol–water partition coefficient (Wildman–Crippen LogP) is 2.07. The van der Waals surface area contributed by atoms with Crippen LogP contribution in [-0.2, 0) is 11.3 Å². The third-order valence-corrected chi connectivity index (χ3v) is 8.15. The summed E-state index contributed by atoms with van der Waals surface area (Å²) in [6, 6.07) is 14.3. The number of urea groups is 1. The van der Waals surface area contributed by atoms with E-state index in [1.54, 1.807) is 7.05 Å². The summed E-state index contributed by atoms with van der Waals surface area (Å²) in [6.45, 7) is 11.0. The van der Waals surface area contributed by atoms with E-state index in [2.05, 4.69) is 69.4 Å². The van der Waals surface area contributed by atoms with Crippen LogP contribution in [-0.4, -0.2) is 101 Å². The molecule has 0 aliphatic carbocycles. The summed E-state index contributed by atoms with van der Waals surface area (Å²) in [6.07, 6.45) is -0.482. The molecule has 0 aromatic heterocycles. The number of aliphatic imine (C=N–C) groups is 1. The summed E-state index contributed by atoms with van der Waals surface area (Å²) >= 11 is 0. The number of nitrogens with zero attached hydrogens (tertiary/aromatic N) is 6. The lowest BCUT2D eigenvalue weighted by Gasteiger charge is -2.36. The zero-order valence-corrected chi connectivity index (χ0v) is 21.1. The number of carbonyl (C=O) groups is 2. The fourth-order valence-corrected chi connectivity index (χ4v) is 5.88. The number of piperazine rings is 1. The van der Waals surface area contributed by atoms with E-state index in [0.717, 1.165) is 63.2 Å². The Hall–Kier alpha value is -3.43. The SMILES string of the molecule is CC1=C(C)N2C(=NC3C2C(=O)NC(=O)N3C)N1CCN1CCN(Cc2cccc3ccccc23)CC1. The number of imide groups is 1. The van der Waals surface area contributed by atoms with Crippen molar-refractivity contribution in [2.75, 3.05) is 46.3 Å². The first-order chi connectivity index (χ1) is 17.4. The van der Waals surface area contributed by atoms with Gasteiger partial charge < -0.3 is 9.80 Å². The molecule has 1 N–H and O–H groups in total. The van der Waals surface area contributed by atoms with Crippen molar-refractivity contribution in [3.63, 3.8) is 0 Å². The fourth-order valence-electron chi connectivity index (χ4n) is 5.88. The summed E-state index contributed by atoms with van der Waals surface area (Å²) in [5.74, 6) is 0.504. The number of allylic oxidation sites excluding steroid dienone is 2. The average Bonchev–Trinajstić information content (AvgIpc) is 3.38. The standard InChI is InChI=1S/C27H33N7O2/c1-18-19(2)34-23-24(30(3)27(36)29-25(23)35)28-26(34)33(18)16-15-31-11-13-32(14-12-31)17-21-9-6-8-20-7-4-5-10-22(20)21/h4-10,23-24H,11-17H2,1-3H3,(H,29,35,36). The van der Waals surface area contributed by atoms with Crippen molar-refractivity contribution in [3.05, 3.63) is 59.4 Å². The fraction of sp³-hybridized carbons (Fsp3) is 0.444. The molecule has 188 valence electrons. The molecule has 2 aromatic carbocycles. The number of hydrogen-bond donors (Lipinski definition) is 1. The van der Waals surface area contributed by atoms with Gasteiger partial charge in [0, 0.05) is 64.3 Å². The number of amides is 3. The highest BCUT2D eigenvalue weighted by molar-refractivity contribution is 6.05. The zero-order valence-electron chi connectivity index (χ0n) is 21.1. The molecule has 4 heterocycles. The maximum Gasteiger partial charge on any atom is 0.325 e. The van der Waals surface area contributed by atoms with Crippen LogP contribution >= 0.6 is 0 Å². The molecule has 2 fully saturated rings. The Bertz CT molecular complexity index is 1270. The predicted molar refractivity (Wildman–Crippen MR) is 139 cm³/mol. The van der Waals surface area contributed by atoms with Gasteiger partial charge in [0.2, 0.25) is 5.96 Å². The van der Waals surface area contributed by atoms with Crippen LogP contribution in [0.1, 0.15) is 19.4 Å². The van der Waals surface area contributed by atoms with Crippen LogP contribution in [0, 0.1) is 0 Å². The second-order valence-corrected chi connectivity index (χ2v) is 10.1. The Morgan fingerprint density at radius 3 is 2.44 bits per heavy atom. The van der Waals surface area contributed by atoms with E-state index in [4.69, 9.17) is 4.99 Å².